The number of anilines is 1. The number of hydrogen-bond donors (Lipinski definition) is 1. The molecule has 1 aliphatic rings. The molecule has 0 spiro atoms. The van der Waals surface area contributed by atoms with Crippen LogP contribution in [-0.2, 0) is 10.0 Å². The van der Waals surface area contributed by atoms with E-state index in [0.29, 0.717) is 41.5 Å². The smallest absolute Gasteiger partial charge is 0.371 e. The molecule has 2 heterocycles. The fourth-order valence-electron chi connectivity index (χ4n) is 3.65. The minimum atomic E-state index is -3.85. The highest BCUT2D eigenvalue weighted by Gasteiger charge is 2.31. The van der Waals surface area contributed by atoms with Crippen molar-refractivity contribution in [2.45, 2.75) is 11.3 Å². The summed E-state index contributed by atoms with van der Waals surface area (Å²) in [5.41, 5.74) is 1.29. The summed E-state index contributed by atoms with van der Waals surface area (Å²) in [4.78, 5) is 13.2. The summed E-state index contributed by atoms with van der Waals surface area (Å²) >= 11 is 15.8. The Labute approximate surface area is 197 Å². The van der Waals surface area contributed by atoms with Crippen LogP contribution in [0.25, 0.3) is 11.0 Å². The standard InChI is InChI=1S/C20H17BrCl2N2O5S/c21-18-12-11-17(20(26)27)30-16(12)6-5-15(18)24-7-2-8-25(10-9-24)31(28,29)19-13(22)3-1-4-14(19)23/h1,3-6,11H,2,7-10H2,(H,26,27). The van der Waals surface area contributed by atoms with Crippen LogP contribution >= 0.6 is 39.1 Å². The first-order valence-electron chi connectivity index (χ1n) is 9.34. The van der Waals surface area contributed by atoms with Gasteiger partial charge < -0.3 is 14.4 Å². The van der Waals surface area contributed by atoms with Gasteiger partial charge in [-0.1, -0.05) is 29.3 Å². The molecule has 0 atom stereocenters. The SMILES string of the molecule is O=C(O)c1cc2c(Br)c(N3CCCN(S(=O)(=O)c4c(Cl)cccc4Cl)CC3)ccc2o1. The second kappa shape index (κ2) is 8.63. The molecule has 0 aliphatic carbocycles. The zero-order valence-corrected chi connectivity index (χ0v) is 19.9. The number of aromatic carboxylic acids is 1. The van der Waals surface area contributed by atoms with E-state index in [0.717, 1.165) is 5.69 Å². The van der Waals surface area contributed by atoms with E-state index in [1.165, 1.54) is 22.5 Å². The quantitative estimate of drug-likeness (QED) is 0.488. The molecule has 4 rings (SSSR count). The van der Waals surface area contributed by atoms with Gasteiger partial charge in [-0.15, -0.1) is 0 Å². The Bertz CT molecular complexity index is 1260. The molecule has 1 saturated heterocycles. The lowest BCUT2D eigenvalue weighted by atomic mass is 10.2. The lowest BCUT2D eigenvalue weighted by molar-refractivity contribution is 0.0665. The molecule has 0 unspecified atom stereocenters. The molecule has 1 aromatic heterocycles. The van der Waals surface area contributed by atoms with Gasteiger partial charge in [0.05, 0.1) is 20.2 Å². The number of hydrogen-bond acceptors (Lipinski definition) is 5. The molecule has 0 saturated carbocycles. The molecular weight excluding hydrogens is 531 g/mol. The van der Waals surface area contributed by atoms with Crippen LogP contribution in [-0.4, -0.2) is 50.0 Å². The number of carboxylic acid groups (broad SMARTS) is 1. The van der Waals surface area contributed by atoms with Crippen LogP contribution in [0, 0.1) is 0 Å². The number of halogens is 3. The largest absolute Gasteiger partial charge is 0.475 e. The van der Waals surface area contributed by atoms with Crippen molar-refractivity contribution in [3.63, 3.8) is 0 Å². The molecule has 2 aromatic carbocycles. The highest BCUT2D eigenvalue weighted by molar-refractivity contribution is 9.10. The Balaban J connectivity index is 1.61. The highest BCUT2D eigenvalue weighted by atomic mass is 79.9. The van der Waals surface area contributed by atoms with Crippen molar-refractivity contribution in [1.29, 1.82) is 0 Å². The van der Waals surface area contributed by atoms with Crippen molar-refractivity contribution < 1.29 is 22.7 Å². The van der Waals surface area contributed by atoms with Crippen LogP contribution in [0.1, 0.15) is 17.0 Å². The molecule has 7 nitrogen and oxygen atoms in total. The van der Waals surface area contributed by atoms with E-state index in [1.54, 1.807) is 12.1 Å². The topological polar surface area (TPSA) is 91.1 Å². The average Bonchev–Trinajstić information content (AvgIpc) is 3.00. The fraction of sp³-hybridized carbons (Fsp3) is 0.250. The van der Waals surface area contributed by atoms with E-state index in [4.69, 9.17) is 32.7 Å². The highest BCUT2D eigenvalue weighted by Crippen LogP contribution is 2.37. The summed E-state index contributed by atoms with van der Waals surface area (Å²) in [5.74, 6) is -1.28. The minimum Gasteiger partial charge on any atom is -0.475 e. The van der Waals surface area contributed by atoms with Crippen LogP contribution in [0.3, 0.4) is 0 Å². The third-order valence-corrected chi connectivity index (χ3v) is 8.83. The van der Waals surface area contributed by atoms with E-state index in [1.807, 2.05) is 6.07 Å². The number of carboxylic acids is 1. The van der Waals surface area contributed by atoms with Gasteiger partial charge in [-0.3, -0.25) is 0 Å². The van der Waals surface area contributed by atoms with E-state index in [2.05, 4.69) is 20.8 Å². The third kappa shape index (κ3) is 4.17. The number of fused-ring (bicyclic) bond motifs is 1. The van der Waals surface area contributed by atoms with Crippen molar-refractivity contribution in [3.05, 3.63) is 56.7 Å². The molecule has 31 heavy (non-hydrogen) atoms. The first-order chi connectivity index (χ1) is 14.7. The lowest BCUT2D eigenvalue weighted by Crippen LogP contribution is -2.35. The van der Waals surface area contributed by atoms with Gasteiger partial charge in [0.25, 0.3) is 0 Å². The number of nitrogens with zero attached hydrogens (tertiary/aromatic N) is 2. The van der Waals surface area contributed by atoms with E-state index >= 15 is 0 Å². The second-order valence-electron chi connectivity index (χ2n) is 7.02. The van der Waals surface area contributed by atoms with Crippen molar-refractivity contribution in [2.24, 2.45) is 0 Å². The van der Waals surface area contributed by atoms with Gasteiger partial charge >= 0.3 is 5.97 Å². The Morgan fingerprint density at radius 2 is 1.77 bits per heavy atom. The second-order valence-corrected chi connectivity index (χ2v) is 10.5. The molecule has 3 aromatic rings. The maximum Gasteiger partial charge on any atom is 0.371 e. The third-order valence-electron chi connectivity index (χ3n) is 5.14. The van der Waals surface area contributed by atoms with Crippen LogP contribution < -0.4 is 4.90 Å². The van der Waals surface area contributed by atoms with E-state index in [9.17, 15) is 13.2 Å². The van der Waals surface area contributed by atoms with Gasteiger partial charge in [-0.25, -0.2) is 13.2 Å². The molecule has 1 aliphatic heterocycles. The van der Waals surface area contributed by atoms with Crippen LogP contribution in [0.5, 0.6) is 0 Å². The summed E-state index contributed by atoms with van der Waals surface area (Å²) in [7, 11) is -3.85. The molecule has 0 bridgehead atoms. The molecule has 11 heteroatoms. The number of rotatable bonds is 4. The lowest BCUT2D eigenvalue weighted by Gasteiger charge is -2.25. The Morgan fingerprint density at radius 1 is 1.06 bits per heavy atom. The predicted molar refractivity (Wildman–Crippen MR) is 123 cm³/mol. The van der Waals surface area contributed by atoms with E-state index in [-0.39, 0.29) is 27.2 Å². The first kappa shape index (κ1) is 22.4. The molecule has 0 amide bonds. The van der Waals surface area contributed by atoms with Crippen molar-refractivity contribution >= 4 is 71.8 Å². The molecule has 1 N–H and O–H groups in total. The zero-order valence-electron chi connectivity index (χ0n) is 16.0. The maximum atomic E-state index is 13.2. The minimum absolute atomic E-state index is 0.0750. The summed E-state index contributed by atoms with van der Waals surface area (Å²) in [6.07, 6.45) is 0.595. The summed E-state index contributed by atoms with van der Waals surface area (Å²) in [6, 6.07) is 9.63. The fourth-order valence-corrected chi connectivity index (χ4v) is 6.90. The first-order valence-corrected chi connectivity index (χ1v) is 12.3. The number of sulfonamides is 1. The maximum absolute atomic E-state index is 13.2. The average molecular weight is 548 g/mol. The monoisotopic (exact) mass is 546 g/mol. The molecule has 1 fully saturated rings. The van der Waals surface area contributed by atoms with E-state index < -0.39 is 16.0 Å². The number of furan rings is 1. The Hall–Kier alpha value is -1.78. The van der Waals surface area contributed by atoms with Gasteiger partial charge in [0, 0.05) is 37.6 Å². The Morgan fingerprint density at radius 3 is 2.45 bits per heavy atom. The normalized spacial score (nSPS) is 15.9. The van der Waals surface area contributed by atoms with Crippen molar-refractivity contribution in [2.75, 3.05) is 31.1 Å². The number of benzene rings is 2. The molecule has 0 radical (unpaired) electrons. The van der Waals surface area contributed by atoms with Gasteiger partial charge in [0.1, 0.15) is 10.5 Å². The summed E-state index contributed by atoms with van der Waals surface area (Å²) < 4.78 is 33.8. The molecular formula is C20H17BrCl2N2O5S. The van der Waals surface area contributed by atoms with Gasteiger partial charge in [0.2, 0.25) is 15.8 Å². The van der Waals surface area contributed by atoms with Crippen molar-refractivity contribution in [1.82, 2.24) is 4.31 Å². The van der Waals surface area contributed by atoms with Crippen LogP contribution in [0.2, 0.25) is 10.0 Å². The summed E-state index contributed by atoms with van der Waals surface area (Å²) in [5, 5.41) is 10.0. The Kier molecular flexibility index (Phi) is 6.24. The van der Waals surface area contributed by atoms with Gasteiger partial charge in [-0.2, -0.15) is 4.31 Å². The molecule has 164 valence electrons. The van der Waals surface area contributed by atoms with Crippen LogP contribution in [0.15, 0.2) is 50.2 Å². The van der Waals surface area contributed by atoms with Crippen LogP contribution in [0.4, 0.5) is 5.69 Å². The van der Waals surface area contributed by atoms with Gasteiger partial charge in [-0.05, 0) is 46.6 Å². The van der Waals surface area contributed by atoms with Crippen molar-refractivity contribution in [3.8, 4) is 0 Å². The predicted octanol–water partition coefficient (Wildman–Crippen LogP) is 5.10. The van der Waals surface area contributed by atoms with Gasteiger partial charge in [0.15, 0.2) is 0 Å². The zero-order chi connectivity index (χ0) is 22.3. The summed E-state index contributed by atoms with van der Waals surface area (Å²) in [6.45, 7) is 1.64. The number of carbonyl (C=O) groups is 1.